The summed E-state index contributed by atoms with van der Waals surface area (Å²) in [7, 11) is 3.42. The Morgan fingerprint density at radius 3 is 2.41 bits per heavy atom. The molecule has 0 heterocycles. The van der Waals surface area contributed by atoms with Crippen LogP contribution < -0.4 is 5.43 Å². The highest BCUT2D eigenvalue weighted by atomic mass is 19.2. The molecule has 1 N–H and O–H groups in total. The van der Waals surface area contributed by atoms with Gasteiger partial charge in [0.15, 0.2) is 11.6 Å². The maximum Gasteiger partial charge on any atom is 0.244 e. The molecule has 0 aromatic heterocycles. The lowest BCUT2D eigenvalue weighted by Crippen LogP contribution is -2.42. The number of carbonyl (C=O) groups excluding carboxylic acids is 1. The van der Waals surface area contributed by atoms with Crippen molar-refractivity contribution in [3.63, 3.8) is 0 Å². The molecule has 1 saturated carbocycles. The first kappa shape index (κ1) is 12.0. The highest BCUT2D eigenvalue weighted by Gasteiger charge is 2.51. The number of carbonyl (C=O) groups is 1. The van der Waals surface area contributed by atoms with E-state index in [9.17, 15) is 13.6 Å². The first-order valence-electron chi connectivity index (χ1n) is 5.40. The Labute approximate surface area is 98.4 Å². The average Bonchev–Trinajstić information content (AvgIpc) is 3.02. The molecule has 2 rings (SSSR count). The highest BCUT2D eigenvalue weighted by molar-refractivity contribution is 5.90. The van der Waals surface area contributed by atoms with Crippen LogP contribution in [0.1, 0.15) is 18.4 Å². The largest absolute Gasteiger partial charge is 0.289 e. The van der Waals surface area contributed by atoms with Gasteiger partial charge in [-0.25, -0.2) is 13.8 Å². The van der Waals surface area contributed by atoms with Gasteiger partial charge in [-0.15, -0.1) is 0 Å². The van der Waals surface area contributed by atoms with Crippen molar-refractivity contribution in [2.75, 3.05) is 14.1 Å². The van der Waals surface area contributed by atoms with Gasteiger partial charge in [-0.2, -0.15) is 0 Å². The van der Waals surface area contributed by atoms with Gasteiger partial charge in [0.25, 0.3) is 0 Å². The summed E-state index contributed by atoms with van der Waals surface area (Å²) in [4.78, 5) is 12.0. The number of amides is 1. The molecular formula is C12H14F2N2O. The van der Waals surface area contributed by atoms with Gasteiger partial charge in [0, 0.05) is 14.1 Å². The van der Waals surface area contributed by atoms with Crippen molar-refractivity contribution in [2.24, 2.45) is 0 Å². The third-order valence-electron chi connectivity index (χ3n) is 2.98. The van der Waals surface area contributed by atoms with E-state index < -0.39 is 17.0 Å². The molecule has 92 valence electrons. The van der Waals surface area contributed by atoms with E-state index in [4.69, 9.17) is 0 Å². The molecule has 0 saturated heterocycles. The molecule has 1 aromatic carbocycles. The normalized spacial score (nSPS) is 17.0. The first-order chi connectivity index (χ1) is 7.95. The van der Waals surface area contributed by atoms with E-state index in [0.29, 0.717) is 18.4 Å². The number of nitrogens with zero attached hydrogens (tertiary/aromatic N) is 1. The van der Waals surface area contributed by atoms with Crippen LogP contribution in [0.3, 0.4) is 0 Å². The monoisotopic (exact) mass is 240 g/mol. The fraction of sp³-hybridized carbons (Fsp3) is 0.417. The zero-order valence-electron chi connectivity index (χ0n) is 9.76. The second-order valence-corrected chi connectivity index (χ2v) is 4.55. The minimum Gasteiger partial charge on any atom is -0.289 e. The number of halogens is 2. The minimum absolute atomic E-state index is 0.173. The lowest BCUT2D eigenvalue weighted by atomic mass is 9.95. The molecule has 0 radical (unpaired) electrons. The summed E-state index contributed by atoms with van der Waals surface area (Å²) in [5, 5.41) is 1.54. The maximum atomic E-state index is 13.1. The molecule has 1 aliphatic carbocycles. The van der Waals surface area contributed by atoms with Gasteiger partial charge >= 0.3 is 0 Å². The smallest absolute Gasteiger partial charge is 0.244 e. The summed E-state index contributed by atoms with van der Waals surface area (Å²) in [5.41, 5.74) is 2.51. The fourth-order valence-corrected chi connectivity index (χ4v) is 1.88. The van der Waals surface area contributed by atoms with Gasteiger partial charge in [-0.1, -0.05) is 6.07 Å². The quantitative estimate of drug-likeness (QED) is 0.814. The highest BCUT2D eigenvalue weighted by Crippen LogP contribution is 2.48. The van der Waals surface area contributed by atoms with E-state index in [1.807, 2.05) is 0 Å². The Balaban J connectivity index is 2.26. The van der Waals surface area contributed by atoms with E-state index in [1.165, 1.54) is 6.07 Å². The fourth-order valence-electron chi connectivity index (χ4n) is 1.88. The Morgan fingerprint density at radius 1 is 1.29 bits per heavy atom. The van der Waals surface area contributed by atoms with Crippen molar-refractivity contribution in [2.45, 2.75) is 18.3 Å². The zero-order chi connectivity index (χ0) is 12.6. The van der Waals surface area contributed by atoms with E-state index >= 15 is 0 Å². The molecule has 3 nitrogen and oxygen atoms in total. The van der Waals surface area contributed by atoms with Crippen molar-refractivity contribution < 1.29 is 13.6 Å². The van der Waals surface area contributed by atoms with E-state index in [-0.39, 0.29) is 5.91 Å². The molecular weight excluding hydrogens is 226 g/mol. The second kappa shape index (κ2) is 4.07. The second-order valence-electron chi connectivity index (χ2n) is 4.55. The van der Waals surface area contributed by atoms with Gasteiger partial charge in [0.05, 0.1) is 5.41 Å². The van der Waals surface area contributed by atoms with Crippen molar-refractivity contribution in [1.29, 1.82) is 0 Å². The van der Waals surface area contributed by atoms with Gasteiger partial charge in [-0.3, -0.25) is 10.2 Å². The predicted octanol–water partition coefficient (Wildman–Crippen LogP) is 1.59. The van der Waals surface area contributed by atoms with Crippen molar-refractivity contribution in [3.05, 3.63) is 35.4 Å². The van der Waals surface area contributed by atoms with Crippen LogP contribution in [-0.4, -0.2) is 25.0 Å². The molecule has 1 fully saturated rings. The van der Waals surface area contributed by atoms with Crippen LogP contribution in [0, 0.1) is 11.6 Å². The molecule has 0 bridgehead atoms. The standard InChI is InChI=1S/C12H14F2N2O/c1-16(2)15-11(17)12(5-6-12)8-3-4-9(13)10(14)7-8/h3-4,7H,5-6H2,1-2H3,(H,15,17). The molecule has 1 aromatic rings. The summed E-state index contributed by atoms with van der Waals surface area (Å²) in [6.45, 7) is 0. The molecule has 0 atom stereocenters. The van der Waals surface area contributed by atoms with E-state index in [1.54, 1.807) is 19.1 Å². The van der Waals surface area contributed by atoms with E-state index in [2.05, 4.69) is 5.43 Å². The molecule has 5 heteroatoms. The number of hydrazine groups is 1. The summed E-state index contributed by atoms with van der Waals surface area (Å²) in [5.74, 6) is -1.97. The van der Waals surface area contributed by atoms with Crippen LogP contribution in [0.4, 0.5) is 8.78 Å². The SMILES string of the molecule is CN(C)NC(=O)C1(c2ccc(F)c(F)c2)CC1. The lowest BCUT2D eigenvalue weighted by molar-refractivity contribution is -0.127. The van der Waals surface area contributed by atoms with Crippen LogP contribution in [0.2, 0.25) is 0 Å². The van der Waals surface area contributed by atoms with Gasteiger partial charge in [-0.05, 0) is 30.5 Å². The topological polar surface area (TPSA) is 32.3 Å². The van der Waals surface area contributed by atoms with Crippen LogP contribution in [0.5, 0.6) is 0 Å². The summed E-state index contributed by atoms with van der Waals surface area (Å²) < 4.78 is 26.0. The van der Waals surface area contributed by atoms with Gasteiger partial charge < -0.3 is 0 Å². The number of rotatable bonds is 3. The number of hydrogen-bond donors (Lipinski definition) is 1. The molecule has 17 heavy (non-hydrogen) atoms. The van der Waals surface area contributed by atoms with Crippen LogP contribution >= 0.6 is 0 Å². The van der Waals surface area contributed by atoms with E-state index in [0.717, 1.165) is 12.1 Å². The van der Waals surface area contributed by atoms with Crippen molar-refractivity contribution in [3.8, 4) is 0 Å². The van der Waals surface area contributed by atoms with Gasteiger partial charge in [0.1, 0.15) is 0 Å². The zero-order valence-corrected chi connectivity index (χ0v) is 9.76. The predicted molar refractivity (Wildman–Crippen MR) is 59.1 cm³/mol. The molecule has 1 amide bonds. The Bertz CT molecular complexity index is 456. The molecule has 0 spiro atoms. The lowest BCUT2D eigenvalue weighted by Gasteiger charge is -2.19. The number of benzene rings is 1. The summed E-state index contributed by atoms with van der Waals surface area (Å²) in [6.07, 6.45) is 1.33. The molecule has 1 aliphatic rings. The third-order valence-corrected chi connectivity index (χ3v) is 2.98. The van der Waals surface area contributed by atoms with Crippen molar-refractivity contribution in [1.82, 2.24) is 10.4 Å². The number of hydrogen-bond acceptors (Lipinski definition) is 2. The first-order valence-corrected chi connectivity index (χ1v) is 5.40. The Kier molecular flexibility index (Phi) is 2.87. The Hall–Kier alpha value is -1.49. The van der Waals surface area contributed by atoms with Gasteiger partial charge in [0.2, 0.25) is 5.91 Å². The number of nitrogens with one attached hydrogen (secondary N) is 1. The Morgan fingerprint density at radius 2 is 1.94 bits per heavy atom. The van der Waals surface area contributed by atoms with Crippen molar-refractivity contribution >= 4 is 5.91 Å². The maximum absolute atomic E-state index is 13.1. The summed E-state index contributed by atoms with van der Waals surface area (Å²) >= 11 is 0. The summed E-state index contributed by atoms with van der Waals surface area (Å²) in [6, 6.07) is 3.64. The van der Waals surface area contributed by atoms with Crippen LogP contribution in [0.15, 0.2) is 18.2 Å². The minimum atomic E-state index is -0.911. The molecule has 0 unspecified atom stereocenters. The average molecular weight is 240 g/mol. The third kappa shape index (κ3) is 2.15. The van der Waals surface area contributed by atoms with Crippen LogP contribution in [-0.2, 0) is 10.2 Å². The van der Waals surface area contributed by atoms with Crippen LogP contribution in [0.25, 0.3) is 0 Å². The molecule has 0 aliphatic heterocycles.